The summed E-state index contributed by atoms with van der Waals surface area (Å²) in [5.41, 5.74) is 0.554. The number of aromatic nitrogens is 2. The molecular formula is C19H27Cl2N5O3. The van der Waals surface area contributed by atoms with Crippen molar-refractivity contribution < 1.29 is 9.53 Å². The van der Waals surface area contributed by atoms with Gasteiger partial charge in [-0.2, -0.15) is 0 Å². The van der Waals surface area contributed by atoms with Crippen molar-refractivity contribution in [2.45, 2.75) is 25.6 Å². The van der Waals surface area contributed by atoms with Crippen molar-refractivity contribution in [2.24, 2.45) is 0 Å². The van der Waals surface area contributed by atoms with Crippen LogP contribution in [0, 0.1) is 0 Å². The van der Waals surface area contributed by atoms with E-state index in [2.05, 4.69) is 20.2 Å². The first-order chi connectivity index (χ1) is 13.1. The molecule has 29 heavy (non-hydrogen) atoms. The SMILES string of the molecule is C[C@H]1CNCCN1C(=O)C1CN(Cc2nc3ccccc3c(=O)[nH]2)CCO1.Cl.Cl. The van der Waals surface area contributed by atoms with E-state index in [-0.39, 0.29) is 42.3 Å². The van der Waals surface area contributed by atoms with E-state index in [0.29, 0.717) is 49.5 Å². The molecule has 2 aromatic rings. The van der Waals surface area contributed by atoms with E-state index in [9.17, 15) is 9.59 Å². The molecule has 1 aromatic heterocycles. The average molecular weight is 444 g/mol. The molecule has 160 valence electrons. The van der Waals surface area contributed by atoms with Gasteiger partial charge >= 0.3 is 0 Å². The van der Waals surface area contributed by atoms with E-state index < -0.39 is 6.10 Å². The Bertz CT molecular complexity index is 894. The zero-order chi connectivity index (χ0) is 18.8. The van der Waals surface area contributed by atoms with Crippen LogP contribution >= 0.6 is 24.8 Å². The summed E-state index contributed by atoms with van der Waals surface area (Å²) in [6, 6.07) is 7.48. The number of hydrogen-bond acceptors (Lipinski definition) is 6. The van der Waals surface area contributed by atoms with Gasteiger partial charge in [-0.15, -0.1) is 24.8 Å². The summed E-state index contributed by atoms with van der Waals surface area (Å²) in [6.45, 7) is 6.58. The number of nitrogens with zero attached hydrogens (tertiary/aromatic N) is 3. The molecule has 0 bridgehead atoms. The quantitative estimate of drug-likeness (QED) is 0.728. The maximum atomic E-state index is 12.9. The summed E-state index contributed by atoms with van der Waals surface area (Å²) >= 11 is 0. The number of aromatic amines is 1. The molecule has 2 N–H and O–H groups in total. The molecule has 1 aromatic carbocycles. The monoisotopic (exact) mass is 443 g/mol. The maximum absolute atomic E-state index is 12.9. The summed E-state index contributed by atoms with van der Waals surface area (Å²) in [7, 11) is 0. The van der Waals surface area contributed by atoms with E-state index in [1.165, 1.54) is 0 Å². The third-order valence-electron chi connectivity index (χ3n) is 5.25. The number of rotatable bonds is 3. The van der Waals surface area contributed by atoms with Gasteiger partial charge in [-0.3, -0.25) is 14.5 Å². The van der Waals surface area contributed by atoms with Crippen LogP contribution in [0.2, 0.25) is 0 Å². The number of carbonyl (C=O) groups is 1. The van der Waals surface area contributed by atoms with E-state index in [1.54, 1.807) is 6.07 Å². The van der Waals surface area contributed by atoms with Crippen LogP contribution in [0.5, 0.6) is 0 Å². The van der Waals surface area contributed by atoms with Gasteiger partial charge in [0.15, 0.2) is 0 Å². The van der Waals surface area contributed by atoms with E-state index >= 15 is 0 Å². The number of amides is 1. The second-order valence-corrected chi connectivity index (χ2v) is 7.21. The molecule has 1 unspecified atom stereocenters. The molecular weight excluding hydrogens is 417 g/mol. The fourth-order valence-electron chi connectivity index (χ4n) is 3.77. The third-order valence-corrected chi connectivity index (χ3v) is 5.25. The molecule has 0 radical (unpaired) electrons. The standard InChI is InChI=1S/C19H25N5O3.2ClH/c1-13-10-20-6-7-24(13)19(26)16-11-23(8-9-27-16)12-17-21-15-5-3-2-4-14(15)18(25)22-17;;/h2-5,13,16,20H,6-12H2,1H3,(H,21,22,25);2*1H/t13-,16?;;/m0../s1. The lowest BCUT2D eigenvalue weighted by Crippen LogP contribution is -2.58. The number of H-pyrrole nitrogens is 1. The van der Waals surface area contributed by atoms with Gasteiger partial charge in [0.2, 0.25) is 0 Å². The van der Waals surface area contributed by atoms with Crippen LogP contribution in [0.1, 0.15) is 12.7 Å². The number of piperazine rings is 1. The van der Waals surface area contributed by atoms with Gasteiger partial charge in [0.1, 0.15) is 11.9 Å². The first-order valence-corrected chi connectivity index (χ1v) is 9.45. The van der Waals surface area contributed by atoms with Crippen LogP contribution in [0.4, 0.5) is 0 Å². The lowest BCUT2D eigenvalue weighted by atomic mass is 10.1. The molecule has 2 aliphatic heterocycles. The first-order valence-electron chi connectivity index (χ1n) is 9.45. The highest BCUT2D eigenvalue weighted by Crippen LogP contribution is 2.14. The van der Waals surface area contributed by atoms with Gasteiger partial charge in [0, 0.05) is 38.8 Å². The highest BCUT2D eigenvalue weighted by Gasteiger charge is 2.33. The van der Waals surface area contributed by atoms with Gasteiger partial charge in [0.25, 0.3) is 11.5 Å². The Morgan fingerprint density at radius 2 is 2.07 bits per heavy atom. The van der Waals surface area contributed by atoms with E-state index in [4.69, 9.17) is 4.74 Å². The molecule has 2 aliphatic rings. The van der Waals surface area contributed by atoms with Crippen LogP contribution < -0.4 is 10.9 Å². The number of halogens is 2. The Hall–Kier alpha value is -1.71. The number of hydrogen-bond donors (Lipinski definition) is 2. The van der Waals surface area contributed by atoms with Crippen molar-refractivity contribution in [3.8, 4) is 0 Å². The molecule has 0 aliphatic carbocycles. The smallest absolute Gasteiger partial charge is 0.258 e. The third kappa shape index (κ3) is 5.26. The highest BCUT2D eigenvalue weighted by molar-refractivity contribution is 5.85. The van der Waals surface area contributed by atoms with Crippen molar-refractivity contribution in [3.63, 3.8) is 0 Å². The fourth-order valence-corrected chi connectivity index (χ4v) is 3.77. The molecule has 10 heteroatoms. The minimum atomic E-state index is -0.466. The summed E-state index contributed by atoms with van der Waals surface area (Å²) < 4.78 is 5.76. The molecule has 4 rings (SSSR count). The van der Waals surface area contributed by atoms with Crippen LogP contribution in [-0.2, 0) is 16.1 Å². The largest absolute Gasteiger partial charge is 0.366 e. The molecule has 8 nitrogen and oxygen atoms in total. The molecule has 0 spiro atoms. The first kappa shape index (κ1) is 23.6. The zero-order valence-corrected chi connectivity index (χ0v) is 17.9. The van der Waals surface area contributed by atoms with Gasteiger partial charge in [0.05, 0.1) is 24.1 Å². The van der Waals surface area contributed by atoms with Gasteiger partial charge in [-0.05, 0) is 19.1 Å². The molecule has 2 saturated heterocycles. The average Bonchev–Trinajstić information content (AvgIpc) is 2.68. The normalized spacial score (nSPS) is 22.6. The Labute approximate surface area is 181 Å². The molecule has 0 saturated carbocycles. The Kier molecular flexibility index (Phi) is 8.42. The molecule has 3 heterocycles. The van der Waals surface area contributed by atoms with Crippen molar-refractivity contribution in [2.75, 3.05) is 39.3 Å². The highest BCUT2D eigenvalue weighted by atomic mass is 35.5. The fraction of sp³-hybridized carbons (Fsp3) is 0.526. The summed E-state index contributed by atoms with van der Waals surface area (Å²) in [5, 5.41) is 3.88. The number of benzene rings is 1. The topological polar surface area (TPSA) is 90.6 Å². The Morgan fingerprint density at radius 1 is 1.28 bits per heavy atom. The predicted molar refractivity (Wildman–Crippen MR) is 116 cm³/mol. The number of fused-ring (bicyclic) bond motifs is 1. The van der Waals surface area contributed by atoms with E-state index in [0.717, 1.165) is 13.1 Å². The number of ether oxygens (including phenoxy) is 1. The number of nitrogens with one attached hydrogen (secondary N) is 2. The molecule has 2 fully saturated rings. The van der Waals surface area contributed by atoms with Crippen molar-refractivity contribution >= 4 is 41.6 Å². The van der Waals surface area contributed by atoms with Gasteiger partial charge < -0.3 is 19.9 Å². The van der Waals surface area contributed by atoms with Crippen LogP contribution in [0.25, 0.3) is 10.9 Å². The van der Waals surface area contributed by atoms with Gasteiger partial charge in [-0.25, -0.2) is 4.98 Å². The van der Waals surface area contributed by atoms with Crippen molar-refractivity contribution in [3.05, 3.63) is 40.4 Å². The number of para-hydroxylation sites is 1. The predicted octanol–water partition coefficient (Wildman–Crippen LogP) is 0.788. The molecule has 2 atom stereocenters. The zero-order valence-electron chi connectivity index (χ0n) is 16.3. The van der Waals surface area contributed by atoms with Crippen molar-refractivity contribution in [1.82, 2.24) is 25.1 Å². The second kappa shape index (κ2) is 10.4. The minimum absolute atomic E-state index is 0. The lowest BCUT2D eigenvalue weighted by Gasteiger charge is -2.39. The van der Waals surface area contributed by atoms with Gasteiger partial charge in [-0.1, -0.05) is 12.1 Å². The Morgan fingerprint density at radius 3 is 2.86 bits per heavy atom. The Balaban J connectivity index is 0.00000150. The van der Waals surface area contributed by atoms with Crippen LogP contribution in [0.3, 0.4) is 0 Å². The van der Waals surface area contributed by atoms with Crippen LogP contribution in [-0.4, -0.2) is 77.2 Å². The van der Waals surface area contributed by atoms with Crippen molar-refractivity contribution in [1.29, 1.82) is 0 Å². The van der Waals surface area contributed by atoms with Crippen LogP contribution in [0.15, 0.2) is 29.1 Å². The minimum Gasteiger partial charge on any atom is -0.366 e. The number of morpholine rings is 1. The summed E-state index contributed by atoms with van der Waals surface area (Å²) in [4.78, 5) is 36.6. The number of carbonyl (C=O) groups excluding carboxylic acids is 1. The summed E-state index contributed by atoms with van der Waals surface area (Å²) in [5.74, 6) is 0.663. The maximum Gasteiger partial charge on any atom is 0.258 e. The second-order valence-electron chi connectivity index (χ2n) is 7.21. The van der Waals surface area contributed by atoms with E-state index in [1.807, 2.05) is 30.0 Å². The lowest BCUT2D eigenvalue weighted by molar-refractivity contribution is -0.152. The summed E-state index contributed by atoms with van der Waals surface area (Å²) in [6.07, 6.45) is -0.466. The molecule has 1 amide bonds.